The average Bonchev–Trinajstić information content (AvgIpc) is 2.22. The first-order chi connectivity index (χ1) is 7.63. The van der Waals surface area contributed by atoms with Crippen LogP contribution in [-0.2, 0) is 4.74 Å². The van der Waals surface area contributed by atoms with E-state index in [1.807, 2.05) is 19.2 Å². The Hall–Kier alpha value is -0.650. The van der Waals surface area contributed by atoms with Gasteiger partial charge in [0.25, 0.3) is 0 Å². The van der Waals surface area contributed by atoms with Gasteiger partial charge >= 0.3 is 0 Å². The third-order valence-corrected chi connectivity index (χ3v) is 2.77. The van der Waals surface area contributed by atoms with Crippen molar-refractivity contribution in [3.05, 3.63) is 22.3 Å². The zero-order valence-electron chi connectivity index (χ0n) is 9.66. The van der Waals surface area contributed by atoms with Gasteiger partial charge in [0.05, 0.1) is 11.1 Å². The Bertz CT molecular complexity index is 333. The van der Waals surface area contributed by atoms with E-state index in [4.69, 9.17) is 10.5 Å². The van der Waals surface area contributed by atoms with Crippen LogP contribution in [0.2, 0.25) is 0 Å². The van der Waals surface area contributed by atoms with Crippen molar-refractivity contribution in [3.8, 4) is 0 Å². The molecule has 1 heterocycles. The first-order valence-corrected chi connectivity index (χ1v) is 6.03. The lowest BCUT2D eigenvalue weighted by Crippen LogP contribution is -2.28. The van der Waals surface area contributed by atoms with Crippen molar-refractivity contribution in [3.63, 3.8) is 0 Å². The standard InChI is InChI=1S/C11H18BrN3O/c1-8-5-10(12)11(15-6-8)14-4-3-9(13)7-16-2/h5-6,9H,3-4,7,13H2,1-2H3,(H,14,15). The number of ether oxygens (including phenoxy) is 1. The topological polar surface area (TPSA) is 60.2 Å². The summed E-state index contributed by atoms with van der Waals surface area (Å²) in [6, 6.07) is 2.10. The molecular weight excluding hydrogens is 270 g/mol. The van der Waals surface area contributed by atoms with Gasteiger partial charge in [0.15, 0.2) is 0 Å². The van der Waals surface area contributed by atoms with Crippen molar-refractivity contribution >= 4 is 21.7 Å². The van der Waals surface area contributed by atoms with E-state index in [-0.39, 0.29) is 6.04 Å². The van der Waals surface area contributed by atoms with Crippen molar-refractivity contribution < 1.29 is 4.74 Å². The molecule has 1 rings (SSSR count). The van der Waals surface area contributed by atoms with E-state index >= 15 is 0 Å². The number of nitrogens with zero attached hydrogens (tertiary/aromatic N) is 1. The molecule has 0 aliphatic heterocycles. The summed E-state index contributed by atoms with van der Waals surface area (Å²) in [5, 5.41) is 3.24. The number of rotatable bonds is 6. The summed E-state index contributed by atoms with van der Waals surface area (Å²) in [5.74, 6) is 0.857. The van der Waals surface area contributed by atoms with Gasteiger partial charge in [-0.05, 0) is 40.9 Å². The number of nitrogens with one attached hydrogen (secondary N) is 1. The van der Waals surface area contributed by atoms with E-state index in [0.717, 1.165) is 28.8 Å². The second-order valence-corrected chi connectivity index (χ2v) is 4.63. The van der Waals surface area contributed by atoms with Gasteiger partial charge in [-0.25, -0.2) is 4.98 Å². The SMILES string of the molecule is COCC(N)CCNc1ncc(C)cc1Br. The molecule has 4 nitrogen and oxygen atoms in total. The Balaban J connectivity index is 2.37. The summed E-state index contributed by atoms with van der Waals surface area (Å²) in [6.45, 7) is 3.39. The summed E-state index contributed by atoms with van der Waals surface area (Å²) in [7, 11) is 1.66. The quantitative estimate of drug-likeness (QED) is 0.839. The number of methoxy groups -OCH3 is 1. The van der Waals surface area contributed by atoms with Gasteiger partial charge in [0.1, 0.15) is 5.82 Å². The maximum absolute atomic E-state index is 5.81. The molecule has 0 aromatic carbocycles. The number of nitrogens with two attached hydrogens (primary N) is 1. The maximum atomic E-state index is 5.81. The molecule has 16 heavy (non-hydrogen) atoms. The smallest absolute Gasteiger partial charge is 0.140 e. The lowest BCUT2D eigenvalue weighted by Gasteiger charge is -2.12. The van der Waals surface area contributed by atoms with Gasteiger partial charge in [-0.2, -0.15) is 0 Å². The van der Waals surface area contributed by atoms with E-state index in [2.05, 4.69) is 26.2 Å². The molecule has 0 saturated heterocycles. The molecule has 90 valence electrons. The predicted octanol–water partition coefficient (Wildman–Crippen LogP) is 1.93. The fourth-order valence-corrected chi connectivity index (χ4v) is 1.94. The summed E-state index contributed by atoms with van der Waals surface area (Å²) < 4.78 is 5.95. The molecule has 0 saturated carbocycles. The number of hydrogen-bond acceptors (Lipinski definition) is 4. The molecule has 0 radical (unpaired) electrons. The Labute approximate surface area is 105 Å². The van der Waals surface area contributed by atoms with Gasteiger partial charge in [-0.15, -0.1) is 0 Å². The summed E-state index contributed by atoms with van der Waals surface area (Å²) >= 11 is 3.46. The molecule has 5 heteroatoms. The van der Waals surface area contributed by atoms with Crippen LogP contribution in [-0.4, -0.2) is 31.3 Å². The molecule has 1 unspecified atom stereocenters. The lowest BCUT2D eigenvalue weighted by atomic mass is 10.2. The molecule has 0 aliphatic carbocycles. The number of aryl methyl sites for hydroxylation is 1. The fraction of sp³-hybridized carbons (Fsp3) is 0.545. The van der Waals surface area contributed by atoms with E-state index in [1.165, 1.54) is 0 Å². The van der Waals surface area contributed by atoms with Crippen molar-refractivity contribution in [2.24, 2.45) is 5.73 Å². The first-order valence-electron chi connectivity index (χ1n) is 5.24. The highest BCUT2D eigenvalue weighted by molar-refractivity contribution is 9.10. The molecule has 0 bridgehead atoms. The fourth-order valence-electron chi connectivity index (χ4n) is 1.34. The molecule has 1 aromatic rings. The molecular formula is C11H18BrN3O. The van der Waals surface area contributed by atoms with E-state index in [1.54, 1.807) is 7.11 Å². The predicted molar refractivity (Wildman–Crippen MR) is 69.6 cm³/mol. The third kappa shape index (κ3) is 4.47. The molecule has 0 aliphatic rings. The molecule has 1 aromatic heterocycles. The van der Waals surface area contributed by atoms with E-state index in [9.17, 15) is 0 Å². The number of anilines is 1. The highest BCUT2D eigenvalue weighted by atomic mass is 79.9. The summed E-state index contributed by atoms with van der Waals surface area (Å²) in [4.78, 5) is 4.29. The minimum absolute atomic E-state index is 0.0710. The van der Waals surface area contributed by atoms with Crippen LogP contribution >= 0.6 is 15.9 Å². The van der Waals surface area contributed by atoms with E-state index in [0.29, 0.717) is 6.61 Å². The first kappa shape index (κ1) is 13.4. The monoisotopic (exact) mass is 287 g/mol. The maximum Gasteiger partial charge on any atom is 0.140 e. The number of pyridine rings is 1. The van der Waals surface area contributed by atoms with Crippen LogP contribution in [0.3, 0.4) is 0 Å². The van der Waals surface area contributed by atoms with Crippen LogP contribution in [0.25, 0.3) is 0 Å². The van der Waals surface area contributed by atoms with Crippen LogP contribution in [0.15, 0.2) is 16.7 Å². The van der Waals surface area contributed by atoms with Crippen LogP contribution in [0.5, 0.6) is 0 Å². The van der Waals surface area contributed by atoms with Crippen LogP contribution < -0.4 is 11.1 Å². The van der Waals surface area contributed by atoms with E-state index < -0.39 is 0 Å². The van der Waals surface area contributed by atoms with Crippen LogP contribution in [0.1, 0.15) is 12.0 Å². The number of hydrogen-bond donors (Lipinski definition) is 2. The summed E-state index contributed by atoms with van der Waals surface area (Å²) in [5.41, 5.74) is 6.95. The minimum Gasteiger partial charge on any atom is -0.383 e. The molecule has 0 fully saturated rings. The minimum atomic E-state index is 0.0710. The van der Waals surface area contributed by atoms with Crippen molar-refractivity contribution in [2.75, 3.05) is 25.6 Å². The van der Waals surface area contributed by atoms with Crippen LogP contribution in [0.4, 0.5) is 5.82 Å². The highest BCUT2D eigenvalue weighted by Crippen LogP contribution is 2.20. The largest absolute Gasteiger partial charge is 0.383 e. The normalized spacial score (nSPS) is 12.5. The third-order valence-electron chi connectivity index (χ3n) is 2.17. The van der Waals surface area contributed by atoms with Crippen LogP contribution in [0, 0.1) is 6.92 Å². The second-order valence-electron chi connectivity index (χ2n) is 3.77. The van der Waals surface area contributed by atoms with Crippen molar-refractivity contribution in [1.82, 2.24) is 4.98 Å². The number of halogens is 1. The second kappa shape index (κ2) is 6.83. The molecule has 3 N–H and O–H groups in total. The highest BCUT2D eigenvalue weighted by Gasteiger charge is 2.03. The summed E-state index contributed by atoms with van der Waals surface area (Å²) in [6.07, 6.45) is 2.69. The van der Waals surface area contributed by atoms with Gasteiger partial charge < -0.3 is 15.8 Å². The average molecular weight is 288 g/mol. The van der Waals surface area contributed by atoms with Gasteiger partial charge in [0.2, 0.25) is 0 Å². The zero-order valence-corrected chi connectivity index (χ0v) is 11.3. The molecule has 0 spiro atoms. The Kier molecular flexibility index (Phi) is 5.73. The zero-order chi connectivity index (χ0) is 12.0. The lowest BCUT2D eigenvalue weighted by molar-refractivity contribution is 0.178. The Morgan fingerprint density at radius 1 is 1.62 bits per heavy atom. The van der Waals surface area contributed by atoms with Crippen molar-refractivity contribution in [1.29, 1.82) is 0 Å². The van der Waals surface area contributed by atoms with Gasteiger partial charge in [-0.1, -0.05) is 0 Å². The van der Waals surface area contributed by atoms with Gasteiger partial charge in [-0.3, -0.25) is 0 Å². The Morgan fingerprint density at radius 2 is 2.38 bits per heavy atom. The molecule has 0 amide bonds. The number of aromatic nitrogens is 1. The molecule has 1 atom stereocenters. The Morgan fingerprint density at radius 3 is 3.00 bits per heavy atom. The van der Waals surface area contributed by atoms with Crippen molar-refractivity contribution in [2.45, 2.75) is 19.4 Å². The van der Waals surface area contributed by atoms with Gasteiger partial charge in [0, 0.05) is 25.9 Å².